The average Bonchev–Trinajstić information content (AvgIpc) is 2.90. The van der Waals surface area contributed by atoms with E-state index in [0.717, 1.165) is 0 Å². The first-order valence-electron chi connectivity index (χ1n) is 5.97. The second kappa shape index (κ2) is 5.57. The van der Waals surface area contributed by atoms with Gasteiger partial charge in [-0.15, -0.1) is 0 Å². The number of esters is 1. The fraction of sp³-hybridized carbons (Fsp3) is 0.333. The van der Waals surface area contributed by atoms with Gasteiger partial charge < -0.3 is 10.1 Å². The van der Waals surface area contributed by atoms with Crippen molar-refractivity contribution in [3.63, 3.8) is 0 Å². The SMILES string of the molecule is COC(=O)c1c(NC(=O)c2cnn(C)c2Cl)c(C)nn1C. The van der Waals surface area contributed by atoms with Crippen molar-refractivity contribution in [3.8, 4) is 0 Å². The molecule has 0 unspecified atom stereocenters. The second-order valence-electron chi connectivity index (χ2n) is 4.35. The van der Waals surface area contributed by atoms with Crippen molar-refractivity contribution < 1.29 is 14.3 Å². The highest BCUT2D eigenvalue weighted by Gasteiger charge is 2.24. The van der Waals surface area contributed by atoms with Crippen molar-refractivity contribution in [1.29, 1.82) is 0 Å². The van der Waals surface area contributed by atoms with Crippen molar-refractivity contribution in [3.05, 3.63) is 28.3 Å². The van der Waals surface area contributed by atoms with Crippen LogP contribution in [0.2, 0.25) is 5.15 Å². The number of methoxy groups -OCH3 is 1. The lowest BCUT2D eigenvalue weighted by Gasteiger charge is -2.06. The molecule has 0 aliphatic heterocycles. The highest BCUT2D eigenvalue weighted by Crippen LogP contribution is 2.23. The van der Waals surface area contributed by atoms with Crippen LogP contribution in [0.4, 0.5) is 5.69 Å². The van der Waals surface area contributed by atoms with Gasteiger partial charge in [-0.05, 0) is 6.92 Å². The van der Waals surface area contributed by atoms with Crippen molar-refractivity contribution in [2.45, 2.75) is 6.92 Å². The summed E-state index contributed by atoms with van der Waals surface area (Å²) >= 11 is 5.97. The molecule has 0 fully saturated rings. The highest BCUT2D eigenvalue weighted by molar-refractivity contribution is 6.33. The van der Waals surface area contributed by atoms with Gasteiger partial charge in [0, 0.05) is 14.1 Å². The maximum atomic E-state index is 12.2. The molecular formula is C12H14ClN5O3. The summed E-state index contributed by atoms with van der Waals surface area (Å²) in [6.07, 6.45) is 1.35. The molecule has 0 radical (unpaired) electrons. The molecular weight excluding hydrogens is 298 g/mol. The molecule has 0 aliphatic rings. The van der Waals surface area contributed by atoms with Gasteiger partial charge in [-0.25, -0.2) is 4.79 Å². The molecule has 2 aromatic rings. The number of carbonyl (C=O) groups excluding carboxylic acids is 2. The Kier molecular flexibility index (Phi) is 3.99. The molecule has 0 aliphatic carbocycles. The van der Waals surface area contributed by atoms with Gasteiger partial charge in [0.2, 0.25) is 0 Å². The lowest BCUT2D eigenvalue weighted by atomic mass is 10.2. The number of ether oxygens (including phenoxy) is 1. The maximum absolute atomic E-state index is 12.2. The Balaban J connectivity index is 2.38. The third-order valence-electron chi connectivity index (χ3n) is 2.95. The third kappa shape index (κ3) is 2.62. The number of aromatic nitrogens is 4. The lowest BCUT2D eigenvalue weighted by molar-refractivity contribution is 0.0589. The molecule has 0 bridgehead atoms. The first kappa shape index (κ1) is 15.0. The molecule has 0 saturated heterocycles. The van der Waals surface area contributed by atoms with Crippen LogP contribution in [0.15, 0.2) is 6.20 Å². The van der Waals surface area contributed by atoms with Crippen molar-refractivity contribution in [2.75, 3.05) is 12.4 Å². The second-order valence-corrected chi connectivity index (χ2v) is 4.71. The number of nitrogens with one attached hydrogen (secondary N) is 1. The van der Waals surface area contributed by atoms with Crippen LogP contribution in [0.25, 0.3) is 0 Å². The number of carbonyl (C=O) groups is 2. The minimum absolute atomic E-state index is 0.156. The molecule has 112 valence electrons. The van der Waals surface area contributed by atoms with Crippen LogP contribution in [0, 0.1) is 6.92 Å². The van der Waals surface area contributed by atoms with Crippen molar-refractivity contribution >= 4 is 29.2 Å². The third-order valence-corrected chi connectivity index (χ3v) is 3.40. The Morgan fingerprint density at radius 1 is 1.33 bits per heavy atom. The number of anilines is 1. The van der Waals surface area contributed by atoms with E-state index in [1.165, 1.54) is 22.7 Å². The first-order valence-corrected chi connectivity index (χ1v) is 6.35. The van der Waals surface area contributed by atoms with E-state index in [1.807, 2.05) is 0 Å². The van der Waals surface area contributed by atoms with Gasteiger partial charge in [-0.3, -0.25) is 14.2 Å². The zero-order valence-electron chi connectivity index (χ0n) is 12.0. The highest BCUT2D eigenvalue weighted by atomic mass is 35.5. The molecule has 8 nitrogen and oxygen atoms in total. The standard InChI is InChI=1S/C12H14ClN5O3/c1-6-8(9(12(20)21-4)17(2)16-6)15-11(19)7-5-14-18(3)10(7)13/h5H,1-4H3,(H,15,19). The lowest BCUT2D eigenvalue weighted by Crippen LogP contribution is -2.16. The van der Waals surface area contributed by atoms with Crippen LogP contribution in [-0.2, 0) is 18.8 Å². The van der Waals surface area contributed by atoms with Gasteiger partial charge in [0.1, 0.15) is 5.15 Å². The van der Waals surface area contributed by atoms with E-state index < -0.39 is 11.9 Å². The molecule has 1 N–H and O–H groups in total. The van der Waals surface area contributed by atoms with Gasteiger partial charge >= 0.3 is 5.97 Å². The smallest absolute Gasteiger partial charge is 0.358 e. The monoisotopic (exact) mass is 311 g/mol. The topological polar surface area (TPSA) is 91.0 Å². The van der Waals surface area contributed by atoms with Gasteiger partial charge in [-0.2, -0.15) is 10.2 Å². The Morgan fingerprint density at radius 3 is 2.52 bits per heavy atom. The Hall–Kier alpha value is -2.35. The number of nitrogens with zero attached hydrogens (tertiary/aromatic N) is 4. The summed E-state index contributed by atoms with van der Waals surface area (Å²) in [5.41, 5.74) is 1.14. The molecule has 1 amide bonds. The Morgan fingerprint density at radius 2 is 2.00 bits per heavy atom. The minimum atomic E-state index is -0.592. The zero-order chi connectivity index (χ0) is 15.7. The summed E-state index contributed by atoms with van der Waals surface area (Å²) in [7, 11) is 4.47. The number of hydrogen-bond acceptors (Lipinski definition) is 5. The summed E-state index contributed by atoms with van der Waals surface area (Å²) < 4.78 is 7.41. The minimum Gasteiger partial charge on any atom is -0.464 e. The van der Waals surface area contributed by atoms with Crippen molar-refractivity contribution in [2.24, 2.45) is 14.1 Å². The van der Waals surface area contributed by atoms with E-state index in [2.05, 4.69) is 15.5 Å². The molecule has 0 atom stereocenters. The predicted octanol–water partition coefficient (Wildman–Crippen LogP) is 1.15. The zero-order valence-corrected chi connectivity index (χ0v) is 12.7. The molecule has 0 saturated carbocycles. The van der Waals surface area contributed by atoms with Crippen LogP contribution in [0.5, 0.6) is 0 Å². The summed E-state index contributed by atoms with van der Waals surface area (Å²) in [6.45, 7) is 1.67. The van der Waals surface area contributed by atoms with Crippen molar-refractivity contribution in [1.82, 2.24) is 19.6 Å². The molecule has 21 heavy (non-hydrogen) atoms. The van der Waals surface area contributed by atoms with E-state index in [0.29, 0.717) is 5.69 Å². The van der Waals surface area contributed by atoms with E-state index >= 15 is 0 Å². The van der Waals surface area contributed by atoms with E-state index in [4.69, 9.17) is 16.3 Å². The molecule has 2 heterocycles. The normalized spacial score (nSPS) is 10.5. The number of amides is 1. The van der Waals surface area contributed by atoms with Gasteiger partial charge in [0.25, 0.3) is 5.91 Å². The fourth-order valence-electron chi connectivity index (χ4n) is 1.89. The van der Waals surface area contributed by atoms with Gasteiger partial charge in [-0.1, -0.05) is 11.6 Å². The van der Waals surface area contributed by atoms with E-state index in [9.17, 15) is 9.59 Å². The predicted molar refractivity (Wildman–Crippen MR) is 75.5 cm³/mol. The van der Waals surface area contributed by atoms with E-state index in [-0.39, 0.29) is 22.1 Å². The van der Waals surface area contributed by atoms with Crippen LogP contribution in [0.1, 0.15) is 26.5 Å². The molecule has 0 aromatic carbocycles. The van der Waals surface area contributed by atoms with Crippen LogP contribution < -0.4 is 5.32 Å². The molecule has 2 aromatic heterocycles. The number of rotatable bonds is 3. The average molecular weight is 312 g/mol. The quantitative estimate of drug-likeness (QED) is 0.859. The summed E-state index contributed by atoms with van der Waals surface area (Å²) in [4.78, 5) is 24.0. The van der Waals surface area contributed by atoms with Gasteiger partial charge in [0.05, 0.1) is 30.3 Å². The van der Waals surface area contributed by atoms with Crippen LogP contribution >= 0.6 is 11.6 Å². The molecule has 9 heteroatoms. The summed E-state index contributed by atoms with van der Waals surface area (Å²) in [5, 5.41) is 10.8. The van der Waals surface area contributed by atoms with E-state index in [1.54, 1.807) is 21.0 Å². The number of aryl methyl sites for hydroxylation is 3. The number of hydrogen-bond donors (Lipinski definition) is 1. The molecule has 0 spiro atoms. The first-order chi connectivity index (χ1) is 9.86. The Bertz CT molecular complexity index is 719. The fourth-order valence-corrected chi connectivity index (χ4v) is 2.07. The number of halogens is 1. The molecule has 2 rings (SSSR count). The van der Waals surface area contributed by atoms with Crippen LogP contribution in [0.3, 0.4) is 0 Å². The summed E-state index contributed by atoms with van der Waals surface area (Å²) in [5.74, 6) is -1.07. The van der Waals surface area contributed by atoms with Crippen LogP contribution in [-0.4, -0.2) is 38.5 Å². The largest absolute Gasteiger partial charge is 0.464 e. The maximum Gasteiger partial charge on any atom is 0.358 e. The Labute approximate surface area is 125 Å². The van der Waals surface area contributed by atoms with Gasteiger partial charge in [0.15, 0.2) is 5.69 Å². The summed E-state index contributed by atoms with van der Waals surface area (Å²) in [6, 6.07) is 0.